The van der Waals surface area contributed by atoms with E-state index in [1.54, 1.807) is 12.1 Å². The molecule has 1 aromatic carbocycles. The number of aliphatic hydroxyl groups excluding tert-OH is 1. The minimum absolute atomic E-state index is 0.0989. The molecule has 1 aromatic rings. The molecule has 124 valence electrons. The van der Waals surface area contributed by atoms with Gasteiger partial charge in [-0.2, -0.15) is 0 Å². The average Bonchev–Trinajstić information content (AvgIpc) is 2.68. The van der Waals surface area contributed by atoms with Gasteiger partial charge in [-0.05, 0) is 24.3 Å². The second-order valence-corrected chi connectivity index (χ2v) is 9.89. The zero-order chi connectivity index (χ0) is 16.4. The number of sulfonamides is 1. The topological polar surface area (TPSA) is 113 Å². The lowest BCUT2D eigenvalue weighted by atomic mass is 10.2. The van der Waals surface area contributed by atoms with E-state index in [2.05, 4.69) is 26.0 Å². The SMILES string of the molecule is O=S1(=O)C[C@@H](O)[C@@H](NCCNS(=O)(=O)c2ccc(Br)cc2)C1. The standard InChI is InChI=1S/C12H17BrN2O5S2/c13-9-1-3-10(4-2-9)22(19,20)15-6-5-14-11-7-21(17,18)8-12(11)16/h1-4,11-12,14-16H,5-8H2/t11-,12+/m0/s1. The van der Waals surface area contributed by atoms with Crippen LogP contribution in [0.4, 0.5) is 0 Å². The second kappa shape index (κ2) is 6.93. The summed E-state index contributed by atoms with van der Waals surface area (Å²) in [5, 5.41) is 12.5. The number of hydrogen-bond acceptors (Lipinski definition) is 6. The molecule has 1 heterocycles. The molecule has 0 unspecified atom stereocenters. The summed E-state index contributed by atoms with van der Waals surface area (Å²) >= 11 is 3.23. The first-order valence-electron chi connectivity index (χ1n) is 6.57. The van der Waals surface area contributed by atoms with Crippen molar-refractivity contribution in [3.8, 4) is 0 Å². The molecule has 0 spiro atoms. The fourth-order valence-corrected chi connectivity index (χ4v) is 5.24. The van der Waals surface area contributed by atoms with Gasteiger partial charge in [-0.3, -0.25) is 0 Å². The third-order valence-corrected chi connectivity index (χ3v) is 6.99. The van der Waals surface area contributed by atoms with Crippen molar-refractivity contribution in [1.29, 1.82) is 0 Å². The summed E-state index contributed by atoms with van der Waals surface area (Å²) in [7, 11) is -6.81. The van der Waals surface area contributed by atoms with Crippen LogP contribution in [-0.2, 0) is 19.9 Å². The summed E-state index contributed by atoms with van der Waals surface area (Å²) in [6, 6.07) is 5.67. The fourth-order valence-electron chi connectivity index (χ4n) is 2.16. The first-order valence-corrected chi connectivity index (χ1v) is 10.7. The normalized spacial score (nSPS) is 24.5. The summed E-state index contributed by atoms with van der Waals surface area (Å²) < 4.78 is 49.9. The van der Waals surface area contributed by atoms with E-state index < -0.39 is 32.0 Å². The van der Waals surface area contributed by atoms with Crippen LogP contribution in [0.15, 0.2) is 33.6 Å². The molecule has 0 radical (unpaired) electrons. The molecule has 3 N–H and O–H groups in total. The average molecular weight is 413 g/mol. The van der Waals surface area contributed by atoms with E-state index in [-0.39, 0.29) is 29.5 Å². The monoisotopic (exact) mass is 412 g/mol. The van der Waals surface area contributed by atoms with Gasteiger partial charge in [0.2, 0.25) is 10.0 Å². The summed E-state index contributed by atoms with van der Waals surface area (Å²) in [6.45, 7) is 0.328. The van der Waals surface area contributed by atoms with E-state index in [0.717, 1.165) is 4.47 Å². The number of halogens is 1. The Morgan fingerprint density at radius 2 is 1.82 bits per heavy atom. The summed E-state index contributed by atoms with van der Waals surface area (Å²) in [5.74, 6) is -0.386. The molecule has 1 fully saturated rings. The number of hydrogen-bond donors (Lipinski definition) is 3. The smallest absolute Gasteiger partial charge is 0.240 e. The molecule has 2 atom stereocenters. The van der Waals surface area contributed by atoms with Crippen LogP contribution >= 0.6 is 15.9 Å². The van der Waals surface area contributed by atoms with E-state index in [4.69, 9.17) is 0 Å². The van der Waals surface area contributed by atoms with E-state index in [9.17, 15) is 21.9 Å². The number of nitrogens with one attached hydrogen (secondary N) is 2. The predicted molar refractivity (Wildman–Crippen MR) is 85.8 cm³/mol. The Kier molecular flexibility index (Phi) is 5.62. The molecule has 0 aliphatic carbocycles. The Morgan fingerprint density at radius 1 is 1.18 bits per heavy atom. The van der Waals surface area contributed by atoms with Crippen LogP contribution < -0.4 is 10.0 Å². The van der Waals surface area contributed by atoms with E-state index in [0.29, 0.717) is 0 Å². The van der Waals surface area contributed by atoms with Gasteiger partial charge >= 0.3 is 0 Å². The van der Waals surface area contributed by atoms with Gasteiger partial charge in [-0.1, -0.05) is 15.9 Å². The number of aliphatic hydroxyl groups is 1. The molecule has 1 aliphatic rings. The van der Waals surface area contributed by atoms with Gasteiger partial charge in [0.1, 0.15) is 0 Å². The Hall–Kier alpha value is -0.520. The maximum Gasteiger partial charge on any atom is 0.240 e. The van der Waals surface area contributed by atoms with E-state index in [1.165, 1.54) is 12.1 Å². The molecule has 1 saturated heterocycles. The van der Waals surface area contributed by atoms with Crippen molar-refractivity contribution in [2.75, 3.05) is 24.6 Å². The van der Waals surface area contributed by atoms with Gasteiger partial charge in [0, 0.05) is 23.6 Å². The number of sulfone groups is 1. The van der Waals surface area contributed by atoms with Crippen molar-refractivity contribution in [2.45, 2.75) is 17.0 Å². The van der Waals surface area contributed by atoms with Crippen LogP contribution in [0.5, 0.6) is 0 Å². The molecule has 22 heavy (non-hydrogen) atoms. The highest BCUT2D eigenvalue weighted by atomic mass is 79.9. The molecular weight excluding hydrogens is 396 g/mol. The fraction of sp³-hybridized carbons (Fsp3) is 0.500. The Morgan fingerprint density at radius 3 is 2.36 bits per heavy atom. The minimum Gasteiger partial charge on any atom is -0.390 e. The summed E-state index contributed by atoms with van der Waals surface area (Å²) in [5.41, 5.74) is 0. The molecule has 2 rings (SSSR count). The molecule has 0 amide bonds. The van der Waals surface area contributed by atoms with Crippen LogP contribution in [-0.4, -0.2) is 58.7 Å². The first-order chi connectivity index (χ1) is 10.2. The lowest BCUT2D eigenvalue weighted by Gasteiger charge is -2.15. The Balaban J connectivity index is 1.82. The van der Waals surface area contributed by atoms with Crippen molar-refractivity contribution in [3.63, 3.8) is 0 Å². The molecule has 0 saturated carbocycles. The van der Waals surface area contributed by atoms with Crippen LogP contribution in [0, 0.1) is 0 Å². The predicted octanol–water partition coefficient (Wildman–Crippen LogP) is -0.525. The van der Waals surface area contributed by atoms with Crippen molar-refractivity contribution >= 4 is 35.8 Å². The summed E-state index contributed by atoms with van der Waals surface area (Å²) in [4.78, 5) is 0.152. The Bertz CT molecular complexity index is 718. The zero-order valence-corrected chi connectivity index (χ0v) is 14.8. The highest BCUT2D eigenvalue weighted by Crippen LogP contribution is 2.14. The lowest BCUT2D eigenvalue weighted by molar-refractivity contribution is 0.166. The molecule has 10 heteroatoms. The first kappa shape index (κ1) is 17.8. The van der Waals surface area contributed by atoms with Gasteiger partial charge < -0.3 is 10.4 Å². The van der Waals surface area contributed by atoms with E-state index in [1.807, 2.05) is 0 Å². The molecule has 1 aliphatic heterocycles. The van der Waals surface area contributed by atoms with Crippen LogP contribution in [0.1, 0.15) is 0 Å². The zero-order valence-electron chi connectivity index (χ0n) is 11.6. The molecular formula is C12H17BrN2O5S2. The van der Waals surface area contributed by atoms with Crippen LogP contribution in [0.25, 0.3) is 0 Å². The third-order valence-electron chi connectivity index (χ3n) is 3.27. The largest absolute Gasteiger partial charge is 0.390 e. The van der Waals surface area contributed by atoms with Gasteiger partial charge in [-0.25, -0.2) is 21.6 Å². The number of benzene rings is 1. The van der Waals surface area contributed by atoms with Gasteiger partial charge in [0.05, 0.1) is 22.5 Å². The maximum atomic E-state index is 12.0. The highest BCUT2D eigenvalue weighted by Gasteiger charge is 2.35. The number of rotatable bonds is 6. The second-order valence-electron chi connectivity index (χ2n) is 5.06. The van der Waals surface area contributed by atoms with Gasteiger partial charge in [0.25, 0.3) is 0 Å². The van der Waals surface area contributed by atoms with Gasteiger partial charge in [-0.15, -0.1) is 0 Å². The van der Waals surface area contributed by atoms with Crippen LogP contribution in [0.3, 0.4) is 0 Å². The van der Waals surface area contributed by atoms with Gasteiger partial charge in [0.15, 0.2) is 9.84 Å². The molecule has 0 bridgehead atoms. The molecule has 7 nitrogen and oxygen atoms in total. The maximum absolute atomic E-state index is 12.0. The van der Waals surface area contributed by atoms with E-state index >= 15 is 0 Å². The third kappa shape index (κ3) is 4.74. The quantitative estimate of drug-likeness (QED) is 0.541. The highest BCUT2D eigenvalue weighted by molar-refractivity contribution is 9.10. The van der Waals surface area contributed by atoms with Crippen molar-refractivity contribution in [2.24, 2.45) is 0 Å². The lowest BCUT2D eigenvalue weighted by Crippen LogP contribution is -2.42. The Labute approximate surface area is 138 Å². The summed E-state index contributed by atoms with van der Waals surface area (Å²) in [6.07, 6.45) is -0.951. The van der Waals surface area contributed by atoms with Crippen molar-refractivity contribution in [1.82, 2.24) is 10.0 Å². The van der Waals surface area contributed by atoms with Crippen molar-refractivity contribution in [3.05, 3.63) is 28.7 Å². The van der Waals surface area contributed by atoms with Crippen LogP contribution in [0.2, 0.25) is 0 Å². The molecule has 0 aromatic heterocycles. The van der Waals surface area contributed by atoms with Crippen molar-refractivity contribution < 1.29 is 21.9 Å². The minimum atomic E-state index is -3.60.